The number of urea groups is 1. The van der Waals surface area contributed by atoms with Crippen molar-refractivity contribution in [2.75, 3.05) is 13.6 Å². The molecular weight excluding hydrogens is 550 g/mol. The van der Waals surface area contributed by atoms with Gasteiger partial charge >= 0.3 is 18.4 Å². The van der Waals surface area contributed by atoms with Gasteiger partial charge in [-0.25, -0.2) is 4.79 Å². The van der Waals surface area contributed by atoms with Crippen LogP contribution in [0.25, 0.3) is 0 Å². The van der Waals surface area contributed by atoms with Gasteiger partial charge in [-0.3, -0.25) is 4.79 Å². The molecule has 1 spiro atoms. The van der Waals surface area contributed by atoms with E-state index in [2.05, 4.69) is 5.32 Å². The second kappa shape index (κ2) is 10.8. The summed E-state index contributed by atoms with van der Waals surface area (Å²) < 4.78 is 80.9. The minimum atomic E-state index is -5.00. The molecule has 4 atom stereocenters. The molecule has 0 radical (unpaired) electrons. The van der Waals surface area contributed by atoms with Crippen molar-refractivity contribution < 1.29 is 35.9 Å². The molecule has 2 aliphatic rings. The van der Waals surface area contributed by atoms with Gasteiger partial charge in [0.15, 0.2) is 0 Å². The van der Waals surface area contributed by atoms with Crippen LogP contribution in [-0.2, 0) is 17.1 Å². The van der Waals surface area contributed by atoms with Gasteiger partial charge in [0.2, 0.25) is 5.91 Å². The monoisotopic (exact) mass is 584 g/mol. The maximum Gasteiger partial charge on any atom is 0.416 e. The maximum atomic E-state index is 13.9. The van der Waals surface area contributed by atoms with Crippen LogP contribution in [0, 0.1) is 13.8 Å². The highest BCUT2D eigenvalue weighted by Crippen LogP contribution is 2.44. The van der Waals surface area contributed by atoms with E-state index < -0.39 is 59.1 Å². The van der Waals surface area contributed by atoms with Crippen molar-refractivity contribution >= 4 is 11.9 Å². The molecule has 2 saturated heterocycles. The third-order valence-electron chi connectivity index (χ3n) is 8.53. The SMILES string of the molecule is Cc1ccc([C@H]2C[C@]3(CC[C@H](C(N)=O)N3)CCN2C(=O)N(C)[C@H](C)c2cc(C(F)(F)F)cc(C(F)(F)F)c2)c(C)c1. The summed E-state index contributed by atoms with van der Waals surface area (Å²) in [4.78, 5) is 28.6. The predicted molar refractivity (Wildman–Crippen MR) is 141 cm³/mol. The highest BCUT2D eigenvalue weighted by Gasteiger charge is 2.48. The van der Waals surface area contributed by atoms with Crippen molar-refractivity contribution in [2.24, 2.45) is 5.73 Å². The molecule has 224 valence electrons. The summed E-state index contributed by atoms with van der Waals surface area (Å²) in [6.45, 7) is 5.54. The zero-order valence-electron chi connectivity index (χ0n) is 23.3. The van der Waals surface area contributed by atoms with Crippen molar-refractivity contribution in [1.29, 1.82) is 0 Å². The van der Waals surface area contributed by atoms with Gasteiger partial charge < -0.3 is 20.9 Å². The molecule has 0 aromatic heterocycles. The fourth-order valence-corrected chi connectivity index (χ4v) is 6.10. The first-order valence-electron chi connectivity index (χ1n) is 13.4. The molecule has 0 saturated carbocycles. The highest BCUT2D eigenvalue weighted by molar-refractivity contribution is 5.80. The molecule has 41 heavy (non-hydrogen) atoms. The number of nitrogens with one attached hydrogen (secondary N) is 1. The number of nitrogens with zero attached hydrogens (tertiary/aromatic N) is 2. The number of alkyl halides is 6. The number of hydrogen-bond donors (Lipinski definition) is 2. The zero-order chi connectivity index (χ0) is 30.5. The van der Waals surface area contributed by atoms with Crippen LogP contribution in [0.15, 0.2) is 36.4 Å². The maximum absolute atomic E-state index is 13.9. The van der Waals surface area contributed by atoms with E-state index in [0.717, 1.165) is 16.7 Å². The fraction of sp³-hybridized carbons (Fsp3) is 0.517. The smallest absolute Gasteiger partial charge is 0.368 e. The molecule has 2 aromatic rings. The fourth-order valence-electron chi connectivity index (χ4n) is 6.10. The van der Waals surface area contributed by atoms with E-state index in [1.54, 1.807) is 4.90 Å². The van der Waals surface area contributed by atoms with Crippen molar-refractivity contribution in [2.45, 2.75) is 82.5 Å². The average molecular weight is 585 g/mol. The third kappa shape index (κ3) is 6.32. The van der Waals surface area contributed by atoms with Crippen LogP contribution in [-0.4, -0.2) is 46.9 Å². The number of halogens is 6. The Hall–Kier alpha value is -3.28. The first-order chi connectivity index (χ1) is 18.9. The van der Waals surface area contributed by atoms with Crippen LogP contribution >= 0.6 is 0 Å². The lowest BCUT2D eigenvalue weighted by Gasteiger charge is -2.47. The van der Waals surface area contributed by atoms with E-state index in [1.807, 2.05) is 32.0 Å². The van der Waals surface area contributed by atoms with Crippen LogP contribution in [0.3, 0.4) is 0 Å². The second-order valence-electron chi connectivity index (χ2n) is 11.4. The second-order valence-corrected chi connectivity index (χ2v) is 11.4. The number of carbonyl (C=O) groups is 2. The first kappa shape index (κ1) is 30.7. The molecule has 4 rings (SSSR count). The molecule has 0 bridgehead atoms. The molecule has 6 nitrogen and oxygen atoms in total. The largest absolute Gasteiger partial charge is 0.416 e. The van der Waals surface area contributed by atoms with Crippen LogP contribution in [0.5, 0.6) is 0 Å². The van der Waals surface area contributed by atoms with Crippen LogP contribution in [0.2, 0.25) is 0 Å². The summed E-state index contributed by atoms with van der Waals surface area (Å²) in [6.07, 6.45) is -7.77. The standard InChI is InChI=1S/C29H34F6N4O2/c1-16-5-6-22(17(2)11-16)24-15-27(8-7-23(37-27)25(36)40)9-10-39(24)26(41)38(4)18(3)19-12-20(28(30,31)32)14-21(13-19)29(33,34)35/h5-6,11-14,18,23-24,37H,7-10,15H2,1-4H3,(H2,36,40)/t18-,23-,24-,27+/m1/s1. The Morgan fingerprint density at radius 2 is 1.63 bits per heavy atom. The number of piperidine rings is 1. The minimum absolute atomic E-state index is 0.0757. The predicted octanol–water partition coefficient (Wildman–Crippen LogP) is 6.27. The molecule has 2 aliphatic heterocycles. The lowest BCUT2D eigenvalue weighted by atomic mass is 9.79. The molecular formula is C29H34F6N4O2. The van der Waals surface area contributed by atoms with Gasteiger partial charge in [0.1, 0.15) is 0 Å². The average Bonchev–Trinajstić information content (AvgIpc) is 3.29. The Morgan fingerprint density at radius 3 is 2.15 bits per heavy atom. The minimum Gasteiger partial charge on any atom is -0.368 e. The summed E-state index contributed by atoms with van der Waals surface area (Å²) in [6, 6.07) is 4.69. The van der Waals surface area contributed by atoms with Crippen molar-refractivity contribution in [1.82, 2.24) is 15.1 Å². The summed E-state index contributed by atoms with van der Waals surface area (Å²) in [5.41, 5.74) is 4.81. The van der Waals surface area contributed by atoms with Gasteiger partial charge in [0, 0.05) is 19.1 Å². The Balaban J connectivity index is 1.68. The van der Waals surface area contributed by atoms with E-state index in [4.69, 9.17) is 5.73 Å². The Morgan fingerprint density at radius 1 is 1.02 bits per heavy atom. The van der Waals surface area contributed by atoms with Gasteiger partial charge in [-0.1, -0.05) is 23.8 Å². The van der Waals surface area contributed by atoms with E-state index in [0.29, 0.717) is 37.8 Å². The number of carbonyl (C=O) groups excluding carboxylic acids is 2. The lowest BCUT2D eigenvalue weighted by Crippen LogP contribution is -2.57. The first-order valence-corrected chi connectivity index (χ1v) is 13.4. The van der Waals surface area contributed by atoms with Gasteiger partial charge in [0.05, 0.1) is 29.3 Å². The van der Waals surface area contributed by atoms with Crippen molar-refractivity contribution in [3.8, 4) is 0 Å². The number of rotatable bonds is 4. The van der Waals surface area contributed by atoms with Crippen LogP contribution in [0.4, 0.5) is 31.1 Å². The summed E-state index contributed by atoms with van der Waals surface area (Å²) >= 11 is 0. The molecule has 2 heterocycles. The molecule has 2 aromatic carbocycles. The van der Waals surface area contributed by atoms with E-state index >= 15 is 0 Å². The van der Waals surface area contributed by atoms with Gasteiger partial charge in [-0.2, -0.15) is 26.3 Å². The van der Waals surface area contributed by atoms with E-state index in [9.17, 15) is 35.9 Å². The number of primary amides is 1. The molecule has 3 N–H and O–H groups in total. The number of aryl methyl sites for hydroxylation is 2. The number of nitrogens with two attached hydrogens (primary N) is 1. The molecule has 2 fully saturated rings. The van der Waals surface area contributed by atoms with E-state index in [1.165, 1.54) is 18.9 Å². The zero-order valence-corrected chi connectivity index (χ0v) is 23.3. The normalized spacial score (nSPS) is 24.0. The van der Waals surface area contributed by atoms with Gasteiger partial charge in [-0.15, -0.1) is 0 Å². The van der Waals surface area contributed by atoms with Crippen LogP contribution in [0.1, 0.15) is 78.1 Å². The topological polar surface area (TPSA) is 78.7 Å². The van der Waals surface area contributed by atoms with Crippen LogP contribution < -0.4 is 11.1 Å². The molecule has 0 aliphatic carbocycles. The Bertz CT molecular complexity index is 1300. The lowest BCUT2D eigenvalue weighted by molar-refractivity contribution is -0.143. The summed E-state index contributed by atoms with van der Waals surface area (Å²) in [5.74, 6) is -0.448. The van der Waals surface area contributed by atoms with E-state index in [-0.39, 0.29) is 18.2 Å². The number of likely N-dealkylation sites (tertiary alicyclic amines) is 1. The van der Waals surface area contributed by atoms with Gasteiger partial charge in [0.25, 0.3) is 0 Å². The number of hydrogen-bond acceptors (Lipinski definition) is 3. The Kier molecular flexibility index (Phi) is 8.12. The Labute approximate surface area is 234 Å². The molecule has 0 unspecified atom stereocenters. The number of benzene rings is 2. The summed E-state index contributed by atoms with van der Waals surface area (Å²) in [7, 11) is 1.38. The molecule has 12 heteroatoms. The van der Waals surface area contributed by atoms with Gasteiger partial charge in [-0.05, 0) is 81.3 Å². The highest BCUT2D eigenvalue weighted by atomic mass is 19.4. The molecule has 3 amide bonds. The summed E-state index contributed by atoms with van der Waals surface area (Å²) in [5, 5.41) is 3.38. The quantitative estimate of drug-likeness (QED) is 0.416. The van der Waals surface area contributed by atoms with Crippen molar-refractivity contribution in [3.63, 3.8) is 0 Å². The van der Waals surface area contributed by atoms with Crippen molar-refractivity contribution in [3.05, 3.63) is 69.8 Å². The number of amides is 3. The third-order valence-corrected chi connectivity index (χ3v) is 8.53.